The maximum Gasteiger partial charge on any atom is 0.345 e. The van der Waals surface area contributed by atoms with Crippen molar-refractivity contribution in [1.82, 2.24) is 15.5 Å². The maximum atomic E-state index is 14.6. The number of alkyl halides is 4. The van der Waals surface area contributed by atoms with Crippen molar-refractivity contribution >= 4 is 17.7 Å². The largest absolute Gasteiger partial charge is 0.357 e. The molecule has 3 amide bonds. The number of nitrogens with zero attached hydrogens (tertiary/aromatic N) is 1. The fraction of sp³-hybridized carbons (Fsp3) is 0.348. The van der Waals surface area contributed by atoms with Crippen LogP contribution in [0.3, 0.4) is 0 Å². The second kappa shape index (κ2) is 10.6. The van der Waals surface area contributed by atoms with Crippen LogP contribution in [0.5, 0.6) is 0 Å². The number of carbonyl (C=O) groups is 3. The van der Waals surface area contributed by atoms with Crippen LogP contribution in [0, 0.1) is 0 Å². The normalized spacial score (nSPS) is 18.1. The number of likely N-dealkylation sites (N-methyl/N-ethyl adjacent to an activating group) is 1. The first-order chi connectivity index (χ1) is 16.1. The number of carbonyl (C=O) groups excluding carboxylic acids is 3. The molecule has 1 aliphatic heterocycles. The van der Waals surface area contributed by atoms with Crippen LogP contribution in [0.1, 0.15) is 27.9 Å². The topological polar surface area (TPSA) is 87.7 Å². The monoisotopic (exact) mass is 481 g/mol. The van der Waals surface area contributed by atoms with Gasteiger partial charge in [0.05, 0.1) is 12.6 Å². The smallest absolute Gasteiger partial charge is 0.345 e. The van der Waals surface area contributed by atoms with Crippen LogP contribution in [0.4, 0.5) is 17.6 Å². The minimum absolute atomic E-state index is 0.0450. The number of halogens is 4. The molecule has 11 heteroatoms. The molecular weight excluding hydrogens is 458 g/mol. The lowest BCUT2D eigenvalue weighted by atomic mass is 9.99. The summed E-state index contributed by atoms with van der Waals surface area (Å²) in [5.74, 6) is -5.17. The summed E-state index contributed by atoms with van der Waals surface area (Å²) < 4.78 is 58.8. The van der Waals surface area contributed by atoms with Gasteiger partial charge in [-0.2, -0.15) is 17.6 Å². The van der Waals surface area contributed by atoms with E-state index in [1.807, 2.05) is 0 Å². The Morgan fingerprint density at radius 1 is 1.06 bits per heavy atom. The van der Waals surface area contributed by atoms with Crippen LogP contribution in [-0.2, 0) is 20.2 Å². The van der Waals surface area contributed by atoms with Crippen LogP contribution in [-0.4, -0.2) is 61.5 Å². The van der Waals surface area contributed by atoms with E-state index in [9.17, 15) is 31.9 Å². The van der Waals surface area contributed by atoms with Gasteiger partial charge < -0.3 is 20.3 Å². The molecule has 0 spiro atoms. The third-order valence-electron chi connectivity index (χ3n) is 5.47. The van der Waals surface area contributed by atoms with Gasteiger partial charge in [0.1, 0.15) is 6.04 Å². The third-order valence-corrected chi connectivity index (χ3v) is 5.47. The molecule has 1 saturated heterocycles. The molecule has 0 radical (unpaired) electrons. The van der Waals surface area contributed by atoms with Gasteiger partial charge in [-0.05, 0) is 12.1 Å². The Bertz CT molecular complexity index is 1020. The predicted octanol–water partition coefficient (Wildman–Crippen LogP) is 2.51. The van der Waals surface area contributed by atoms with Gasteiger partial charge in [0.2, 0.25) is 11.8 Å². The van der Waals surface area contributed by atoms with E-state index in [1.54, 1.807) is 6.07 Å². The highest BCUT2D eigenvalue weighted by atomic mass is 19.3. The van der Waals surface area contributed by atoms with Crippen molar-refractivity contribution in [2.24, 2.45) is 0 Å². The summed E-state index contributed by atoms with van der Waals surface area (Å²) >= 11 is 0. The van der Waals surface area contributed by atoms with Gasteiger partial charge in [-0.25, -0.2) is 0 Å². The summed E-state index contributed by atoms with van der Waals surface area (Å²) in [6, 6.07) is 10.9. The molecule has 1 fully saturated rings. The number of amides is 3. The lowest BCUT2D eigenvalue weighted by Crippen LogP contribution is -2.48. The molecule has 2 aromatic carbocycles. The van der Waals surface area contributed by atoms with Crippen LogP contribution in [0.25, 0.3) is 0 Å². The summed E-state index contributed by atoms with van der Waals surface area (Å²) in [5.41, 5.74) is -0.450. The third kappa shape index (κ3) is 5.71. The Balaban J connectivity index is 1.62. The Hall–Kier alpha value is -3.47. The van der Waals surface area contributed by atoms with Gasteiger partial charge in [-0.15, -0.1) is 0 Å². The van der Waals surface area contributed by atoms with Crippen molar-refractivity contribution in [3.05, 3.63) is 71.3 Å². The summed E-state index contributed by atoms with van der Waals surface area (Å²) in [6.07, 6.45) is -1.14. The molecule has 0 saturated carbocycles. The minimum atomic E-state index is -3.26. The molecule has 3 rings (SSSR count). The molecule has 7 nitrogen and oxygen atoms in total. The zero-order valence-electron chi connectivity index (χ0n) is 18.1. The van der Waals surface area contributed by atoms with Crippen LogP contribution in [0.15, 0.2) is 54.6 Å². The van der Waals surface area contributed by atoms with Gasteiger partial charge in [-0.1, -0.05) is 42.5 Å². The average molecular weight is 481 g/mol. The molecule has 182 valence electrons. The number of ether oxygens (including phenoxy) is 1. The van der Waals surface area contributed by atoms with E-state index in [-0.39, 0.29) is 29.7 Å². The minimum Gasteiger partial charge on any atom is -0.357 e. The number of nitrogens with one attached hydrogen (secondary N) is 2. The second-order valence-corrected chi connectivity index (χ2v) is 7.63. The van der Waals surface area contributed by atoms with E-state index in [0.29, 0.717) is 0 Å². The van der Waals surface area contributed by atoms with Crippen molar-refractivity contribution < 1.29 is 36.7 Å². The lowest BCUT2D eigenvalue weighted by Gasteiger charge is -2.23. The number of rotatable bonds is 8. The van der Waals surface area contributed by atoms with Crippen LogP contribution < -0.4 is 10.6 Å². The molecule has 0 aliphatic carbocycles. The fourth-order valence-corrected chi connectivity index (χ4v) is 3.74. The van der Waals surface area contributed by atoms with E-state index < -0.39 is 48.9 Å². The van der Waals surface area contributed by atoms with E-state index in [0.717, 1.165) is 17.0 Å². The van der Waals surface area contributed by atoms with Gasteiger partial charge in [0.15, 0.2) is 0 Å². The highest BCUT2D eigenvalue weighted by Crippen LogP contribution is 2.35. The molecule has 0 unspecified atom stereocenters. The number of hydrogen-bond acceptors (Lipinski definition) is 4. The van der Waals surface area contributed by atoms with Crippen molar-refractivity contribution in [3.8, 4) is 0 Å². The zero-order valence-corrected chi connectivity index (χ0v) is 18.1. The average Bonchev–Trinajstić information content (AvgIpc) is 3.25. The number of hydrogen-bond donors (Lipinski definition) is 2. The second-order valence-electron chi connectivity index (χ2n) is 7.63. The number of likely N-dealkylation sites (tertiary alicyclic amines) is 1. The van der Waals surface area contributed by atoms with E-state index in [2.05, 4.69) is 15.4 Å². The molecule has 2 N–H and O–H groups in total. The molecule has 2 aromatic rings. The number of benzene rings is 2. The van der Waals surface area contributed by atoms with E-state index in [1.165, 1.54) is 43.4 Å². The molecular formula is C23H23F4N3O4. The first kappa shape index (κ1) is 25.2. The van der Waals surface area contributed by atoms with Crippen molar-refractivity contribution in [2.75, 3.05) is 20.1 Å². The Labute approximate surface area is 193 Å². The van der Waals surface area contributed by atoms with Crippen LogP contribution >= 0.6 is 0 Å². The quantitative estimate of drug-likeness (QED) is 0.568. The van der Waals surface area contributed by atoms with Crippen molar-refractivity contribution in [1.29, 1.82) is 0 Å². The Morgan fingerprint density at radius 3 is 2.26 bits per heavy atom. The first-order valence-corrected chi connectivity index (χ1v) is 10.4. The van der Waals surface area contributed by atoms with Gasteiger partial charge in [-0.3, -0.25) is 14.4 Å². The van der Waals surface area contributed by atoms with Gasteiger partial charge in [0, 0.05) is 36.7 Å². The molecule has 1 heterocycles. The molecule has 1 aliphatic rings. The molecule has 0 bridgehead atoms. The maximum absolute atomic E-state index is 14.6. The standard InChI is InChI=1S/C23H23F4N3O4/c1-28-21(33)18-11-17(34-22(24)25)13-30(18)19(31)12-29-20(32)14-7-9-16(10-8-14)23(26,27)15-5-3-2-4-6-15/h2-10,17-18,22H,11-13H2,1H3,(H,28,33)(H,29,32)/t17-,18+/m1/s1. The van der Waals surface area contributed by atoms with Gasteiger partial charge in [0.25, 0.3) is 11.8 Å². The van der Waals surface area contributed by atoms with Crippen LogP contribution in [0.2, 0.25) is 0 Å². The molecule has 0 aromatic heterocycles. The highest BCUT2D eigenvalue weighted by molar-refractivity contribution is 5.97. The van der Waals surface area contributed by atoms with E-state index in [4.69, 9.17) is 0 Å². The van der Waals surface area contributed by atoms with E-state index >= 15 is 0 Å². The first-order valence-electron chi connectivity index (χ1n) is 10.4. The summed E-state index contributed by atoms with van der Waals surface area (Å²) in [6.45, 7) is -3.81. The lowest BCUT2D eigenvalue weighted by molar-refractivity contribution is -0.160. The zero-order chi connectivity index (χ0) is 24.9. The predicted molar refractivity (Wildman–Crippen MR) is 113 cm³/mol. The van der Waals surface area contributed by atoms with Gasteiger partial charge >= 0.3 is 6.61 Å². The Morgan fingerprint density at radius 2 is 1.68 bits per heavy atom. The summed E-state index contributed by atoms with van der Waals surface area (Å²) in [5, 5.41) is 4.72. The molecule has 2 atom stereocenters. The SMILES string of the molecule is CNC(=O)[C@@H]1C[C@@H](OC(F)F)CN1C(=O)CNC(=O)c1ccc(C(F)(F)c2ccccc2)cc1. The summed E-state index contributed by atoms with van der Waals surface area (Å²) in [4.78, 5) is 38.1. The fourth-order valence-electron chi connectivity index (χ4n) is 3.74. The Kier molecular flexibility index (Phi) is 7.87. The van der Waals surface area contributed by atoms with Crippen molar-refractivity contribution in [2.45, 2.75) is 31.1 Å². The molecule has 34 heavy (non-hydrogen) atoms. The highest BCUT2D eigenvalue weighted by Gasteiger charge is 2.40. The summed E-state index contributed by atoms with van der Waals surface area (Å²) in [7, 11) is 1.35. The van der Waals surface area contributed by atoms with Crippen molar-refractivity contribution in [3.63, 3.8) is 0 Å².